The van der Waals surface area contributed by atoms with Gasteiger partial charge in [-0.15, -0.1) is 0 Å². The van der Waals surface area contributed by atoms with E-state index in [9.17, 15) is 0 Å². The highest BCUT2D eigenvalue weighted by molar-refractivity contribution is 5.38. The zero-order chi connectivity index (χ0) is 16.4. The fraction of sp³-hybridized carbons (Fsp3) is 0.765. The average Bonchev–Trinajstić information content (AvgIpc) is 3.04. The molecule has 0 amide bonds. The molecule has 1 spiro atoms. The van der Waals surface area contributed by atoms with Gasteiger partial charge in [-0.1, -0.05) is 0 Å². The van der Waals surface area contributed by atoms with Crippen LogP contribution in [0.15, 0.2) is 6.20 Å². The van der Waals surface area contributed by atoms with Gasteiger partial charge in [0.1, 0.15) is 0 Å². The minimum absolute atomic E-state index is 0.00526. The maximum atomic E-state index is 5.90. The van der Waals surface area contributed by atoms with E-state index in [1.807, 2.05) is 6.20 Å². The first kappa shape index (κ1) is 16.2. The predicted octanol–water partition coefficient (Wildman–Crippen LogP) is 0.433. The van der Waals surface area contributed by atoms with Gasteiger partial charge in [0.05, 0.1) is 44.1 Å². The zero-order valence-electron chi connectivity index (χ0n) is 14.4. The molecule has 0 N–H and O–H groups in total. The van der Waals surface area contributed by atoms with Crippen LogP contribution in [0.1, 0.15) is 17.7 Å². The van der Waals surface area contributed by atoms with Crippen LogP contribution in [-0.4, -0.2) is 81.1 Å². The second-order valence-electron chi connectivity index (χ2n) is 6.94. The second-order valence-corrected chi connectivity index (χ2v) is 6.94. The van der Waals surface area contributed by atoms with E-state index in [2.05, 4.69) is 14.8 Å². The standard InChI is InChI=1S/C17H26N4O3/c1-22-7-4-20-3-2-17(12-20)13-24-11-14-10-18-16(19-15(14)17)21-5-8-23-9-6-21/h10H,2-9,11-13H2,1H3/t17-/m1/s1. The zero-order valence-corrected chi connectivity index (χ0v) is 14.4. The molecular weight excluding hydrogens is 308 g/mol. The number of nitrogens with zero attached hydrogens (tertiary/aromatic N) is 4. The van der Waals surface area contributed by atoms with E-state index in [1.165, 1.54) is 5.69 Å². The van der Waals surface area contributed by atoms with E-state index >= 15 is 0 Å². The number of hydrogen-bond donors (Lipinski definition) is 0. The molecule has 0 aliphatic carbocycles. The van der Waals surface area contributed by atoms with Crippen LogP contribution in [0.5, 0.6) is 0 Å². The lowest BCUT2D eigenvalue weighted by Gasteiger charge is -2.35. The van der Waals surface area contributed by atoms with Crippen molar-refractivity contribution in [2.24, 2.45) is 0 Å². The molecule has 2 fully saturated rings. The van der Waals surface area contributed by atoms with Crippen LogP contribution < -0.4 is 4.90 Å². The predicted molar refractivity (Wildman–Crippen MR) is 89.3 cm³/mol. The van der Waals surface area contributed by atoms with Crippen molar-refractivity contribution in [1.29, 1.82) is 0 Å². The molecule has 1 aromatic heterocycles. The van der Waals surface area contributed by atoms with E-state index in [1.54, 1.807) is 7.11 Å². The molecule has 24 heavy (non-hydrogen) atoms. The molecule has 132 valence electrons. The van der Waals surface area contributed by atoms with Crippen molar-refractivity contribution in [2.75, 3.05) is 71.2 Å². The third-order valence-corrected chi connectivity index (χ3v) is 5.33. The quantitative estimate of drug-likeness (QED) is 0.791. The lowest BCUT2D eigenvalue weighted by Crippen LogP contribution is -2.42. The number of ether oxygens (including phenoxy) is 3. The Bertz CT molecular complexity index is 579. The summed E-state index contributed by atoms with van der Waals surface area (Å²) in [7, 11) is 1.76. The first-order chi connectivity index (χ1) is 11.8. The third kappa shape index (κ3) is 3.01. The number of rotatable bonds is 4. The molecule has 1 atom stereocenters. The Balaban J connectivity index is 1.59. The van der Waals surface area contributed by atoms with Crippen LogP contribution in [0.25, 0.3) is 0 Å². The van der Waals surface area contributed by atoms with Crippen molar-refractivity contribution in [3.63, 3.8) is 0 Å². The Kier molecular flexibility index (Phi) is 4.67. The minimum Gasteiger partial charge on any atom is -0.383 e. The van der Waals surface area contributed by atoms with Gasteiger partial charge in [-0.25, -0.2) is 9.97 Å². The average molecular weight is 334 g/mol. The first-order valence-electron chi connectivity index (χ1n) is 8.79. The molecule has 3 aliphatic rings. The normalized spacial score (nSPS) is 27.6. The first-order valence-corrected chi connectivity index (χ1v) is 8.79. The highest BCUT2D eigenvalue weighted by Gasteiger charge is 2.45. The van der Waals surface area contributed by atoms with Gasteiger partial charge in [-0.2, -0.15) is 0 Å². The summed E-state index contributed by atoms with van der Waals surface area (Å²) in [6, 6.07) is 0. The summed E-state index contributed by atoms with van der Waals surface area (Å²) in [6.07, 6.45) is 3.05. The molecule has 4 rings (SSSR count). The van der Waals surface area contributed by atoms with Crippen LogP contribution in [0.2, 0.25) is 0 Å². The van der Waals surface area contributed by atoms with E-state index in [0.717, 1.165) is 77.1 Å². The van der Waals surface area contributed by atoms with Gasteiger partial charge in [0.2, 0.25) is 5.95 Å². The summed E-state index contributed by atoms with van der Waals surface area (Å²) in [5, 5.41) is 0. The lowest BCUT2D eigenvalue weighted by atomic mass is 9.80. The second kappa shape index (κ2) is 6.92. The Morgan fingerprint density at radius 1 is 1.25 bits per heavy atom. The van der Waals surface area contributed by atoms with Gasteiger partial charge < -0.3 is 19.1 Å². The van der Waals surface area contributed by atoms with Gasteiger partial charge in [0.25, 0.3) is 0 Å². The third-order valence-electron chi connectivity index (χ3n) is 5.33. The number of morpholine rings is 1. The maximum absolute atomic E-state index is 5.90. The minimum atomic E-state index is 0.00526. The Morgan fingerprint density at radius 2 is 2.12 bits per heavy atom. The number of anilines is 1. The molecule has 3 aliphatic heterocycles. The summed E-state index contributed by atoms with van der Waals surface area (Å²) < 4.78 is 16.6. The van der Waals surface area contributed by atoms with Gasteiger partial charge >= 0.3 is 0 Å². The molecule has 0 radical (unpaired) electrons. The van der Waals surface area contributed by atoms with Crippen molar-refractivity contribution in [1.82, 2.24) is 14.9 Å². The van der Waals surface area contributed by atoms with E-state index in [4.69, 9.17) is 19.2 Å². The van der Waals surface area contributed by atoms with Crippen molar-refractivity contribution in [3.8, 4) is 0 Å². The largest absolute Gasteiger partial charge is 0.383 e. The lowest BCUT2D eigenvalue weighted by molar-refractivity contribution is 0.0491. The molecule has 2 saturated heterocycles. The Labute approximate surface area is 142 Å². The molecule has 7 heteroatoms. The van der Waals surface area contributed by atoms with Crippen molar-refractivity contribution < 1.29 is 14.2 Å². The highest BCUT2D eigenvalue weighted by atomic mass is 16.5. The monoisotopic (exact) mass is 334 g/mol. The van der Waals surface area contributed by atoms with Crippen LogP contribution in [0, 0.1) is 0 Å². The number of likely N-dealkylation sites (tertiary alicyclic amines) is 1. The molecule has 0 bridgehead atoms. The molecule has 0 unspecified atom stereocenters. The fourth-order valence-corrected chi connectivity index (χ4v) is 3.98. The number of methoxy groups -OCH3 is 1. The van der Waals surface area contributed by atoms with Gasteiger partial charge in [0, 0.05) is 45.0 Å². The van der Waals surface area contributed by atoms with Crippen molar-refractivity contribution >= 4 is 5.95 Å². The molecule has 7 nitrogen and oxygen atoms in total. The smallest absolute Gasteiger partial charge is 0.225 e. The molecule has 0 saturated carbocycles. The SMILES string of the molecule is COCCN1CC[C@]2(COCc3cnc(N4CCOCC4)nc32)C1. The van der Waals surface area contributed by atoms with E-state index in [0.29, 0.717) is 6.61 Å². The number of aromatic nitrogens is 2. The van der Waals surface area contributed by atoms with Crippen LogP contribution in [0.4, 0.5) is 5.95 Å². The summed E-state index contributed by atoms with van der Waals surface area (Å²) in [4.78, 5) is 14.3. The van der Waals surface area contributed by atoms with Gasteiger partial charge in [-0.3, -0.25) is 4.90 Å². The number of fused-ring (bicyclic) bond motifs is 2. The number of hydrogen-bond acceptors (Lipinski definition) is 7. The highest BCUT2D eigenvalue weighted by Crippen LogP contribution is 2.39. The fourth-order valence-electron chi connectivity index (χ4n) is 3.98. The van der Waals surface area contributed by atoms with Gasteiger partial charge in [-0.05, 0) is 13.0 Å². The van der Waals surface area contributed by atoms with Crippen LogP contribution in [0.3, 0.4) is 0 Å². The Morgan fingerprint density at radius 3 is 2.96 bits per heavy atom. The molecule has 0 aromatic carbocycles. The van der Waals surface area contributed by atoms with E-state index < -0.39 is 0 Å². The molecular formula is C17H26N4O3. The Hall–Kier alpha value is -1.28. The summed E-state index contributed by atoms with van der Waals surface area (Å²) >= 11 is 0. The maximum Gasteiger partial charge on any atom is 0.225 e. The summed E-state index contributed by atoms with van der Waals surface area (Å²) in [5.74, 6) is 0.841. The molecule has 4 heterocycles. The van der Waals surface area contributed by atoms with Crippen LogP contribution >= 0.6 is 0 Å². The van der Waals surface area contributed by atoms with Crippen LogP contribution in [-0.2, 0) is 26.2 Å². The van der Waals surface area contributed by atoms with Crippen molar-refractivity contribution in [3.05, 3.63) is 17.5 Å². The summed E-state index contributed by atoms with van der Waals surface area (Å²) in [6.45, 7) is 8.40. The molecule has 1 aromatic rings. The summed E-state index contributed by atoms with van der Waals surface area (Å²) in [5.41, 5.74) is 2.35. The van der Waals surface area contributed by atoms with Crippen molar-refractivity contribution in [2.45, 2.75) is 18.4 Å². The van der Waals surface area contributed by atoms with E-state index in [-0.39, 0.29) is 5.41 Å². The van der Waals surface area contributed by atoms with Gasteiger partial charge in [0.15, 0.2) is 0 Å². The topological polar surface area (TPSA) is 60.0 Å².